The summed E-state index contributed by atoms with van der Waals surface area (Å²) >= 11 is 0. The van der Waals surface area contributed by atoms with E-state index in [2.05, 4.69) is 16.0 Å². The summed E-state index contributed by atoms with van der Waals surface area (Å²) in [5, 5.41) is 0. The molecule has 2 fully saturated rings. The summed E-state index contributed by atoms with van der Waals surface area (Å²) in [6.07, 6.45) is 7.29. The van der Waals surface area contributed by atoms with E-state index in [0.717, 1.165) is 57.1 Å². The molecule has 3 heterocycles. The lowest BCUT2D eigenvalue weighted by Gasteiger charge is -2.47. The Morgan fingerprint density at radius 3 is 2.65 bits per heavy atom. The number of nitrogens with zero attached hydrogens (tertiary/aromatic N) is 3. The van der Waals surface area contributed by atoms with Gasteiger partial charge in [-0.15, -0.1) is 0 Å². The first-order valence-electron chi connectivity index (χ1n) is 11.1. The van der Waals surface area contributed by atoms with Crippen LogP contribution in [0.1, 0.15) is 61.8 Å². The van der Waals surface area contributed by atoms with Gasteiger partial charge >= 0.3 is 6.18 Å². The smallest absolute Gasteiger partial charge is 0.375 e. The maximum atomic E-state index is 13.0. The van der Waals surface area contributed by atoms with E-state index in [4.69, 9.17) is 9.72 Å². The van der Waals surface area contributed by atoms with Crippen LogP contribution < -0.4 is 0 Å². The van der Waals surface area contributed by atoms with Gasteiger partial charge in [-0.1, -0.05) is 18.9 Å². The van der Waals surface area contributed by atoms with Gasteiger partial charge in [0.15, 0.2) is 0 Å². The van der Waals surface area contributed by atoms with Gasteiger partial charge in [0.1, 0.15) is 0 Å². The molecule has 0 unspecified atom stereocenters. The molecular formula is C24H30F3N3O. The molecule has 0 radical (unpaired) electrons. The molecule has 2 aromatic heterocycles. The number of alkyl halides is 3. The lowest BCUT2D eigenvalue weighted by atomic mass is 9.68. The van der Waals surface area contributed by atoms with E-state index in [1.54, 1.807) is 0 Å². The van der Waals surface area contributed by atoms with Gasteiger partial charge in [0.25, 0.3) is 0 Å². The molecule has 2 aromatic rings. The van der Waals surface area contributed by atoms with Crippen LogP contribution in [0.15, 0.2) is 42.9 Å². The van der Waals surface area contributed by atoms with Crippen LogP contribution in [-0.4, -0.2) is 40.7 Å². The van der Waals surface area contributed by atoms with Crippen molar-refractivity contribution in [1.82, 2.24) is 14.9 Å². The van der Waals surface area contributed by atoms with E-state index >= 15 is 0 Å². The fourth-order valence-electron chi connectivity index (χ4n) is 5.32. The van der Waals surface area contributed by atoms with Gasteiger partial charge in [-0.3, -0.25) is 9.97 Å². The van der Waals surface area contributed by atoms with Crippen LogP contribution in [0.4, 0.5) is 13.2 Å². The zero-order chi connectivity index (χ0) is 22.0. The standard InChI is InChI=1S/C24H30F3N3O/c1-30(17-19-14-20(16-28-15-19)24(25,26)27)12-9-22(21-6-2-5-11-29-21)10-13-31-23(18-22)7-3-4-8-23/h2,5-6,11,14-16H,3-4,7-10,12-13,17-18H2,1H3/t22-/m0/s1. The van der Waals surface area contributed by atoms with Crippen molar-refractivity contribution >= 4 is 0 Å². The Hall–Kier alpha value is -1.99. The van der Waals surface area contributed by atoms with Crippen molar-refractivity contribution in [3.63, 3.8) is 0 Å². The molecule has 31 heavy (non-hydrogen) atoms. The average Bonchev–Trinajstić information content (AvgIpc) is 3.20. The average molecular weight is 434 g/mol. The van der Waals surface area contributed by atoms with Crippen LogP contribution in [0, 0.1) is 0 Å². The van der Waals surface area contributed by atoms with Crippen molar-refractivity contribution in [2.75, 3.05) is 20.2 Å². The Bertz CT molecular complexity index is 868. The molecule has 1 aliphatic carbocycles. The number of ether oxygens (including phenoxy) is 1. The van der Waals surface area contributed by atoms with Crippen LogP contribution in [0.3, 0.4) is 0 Å². The quantitative estimate of drug-likeness (QED) is 0.613. The first kappa shape index (κ1) is 22.2. The Morgan fingerprint density at radius 1 is 1.13 bits per heavy atom. The second-order valence-electron chi connectivity index (χ2n) is 9.23. The minimum absolute atomic E-state index is 0.0424. The lowest BCUT2D eigenvalue weighted by Crippen LogP contribution is -2.47. The third-order valence-corrected chi connectivity index (χ3v) is 6.92. The van der Waals surface area contributed by atoms with Gasteiger partial charge in [-0.2, -0.15) is 13.2 Å². The SMILES string of the molecule is CN(CC[C@]1(c2ccccn2)CCOC2(CCCC2)C1)Cc1cncc(C(F)(F)F)c1. The molecule has 1 saturated carbocycles. The Balaban J connectivity index is 1.48. The van der Waals surface area contributed by atoms with Gasteiger partial charge in [-0.05, 0) is 69.5 Å². The van der Waals surface area contributed by atoms with E-state index in [1.165, 1.54) is 25.1 Å². The number of hydrogen-bond donors (Lipinski definition) is 0. The van der Waals surface area contributed by atoms with E-state index in [1.807, 2.05) is 25.4 Å². The van der Waals surface area contributed by atoms with Gasteiger partial charge in [-0.25, -0.2) is 0 Å². The minimum atomic E-state index is -4.37. The fourth-order valence-corrected chi connectivity index (χ4v) is 5.32. The predicted octanol–water partition coefficient (Wildman–Crippen LogP) is 5.38. The summed E-state index contributed by atoms with van der Waals surface area (Å²) < 4.78 is 45.3. The summed E-state index contributed by atoms with van der Waals surface area (Å²) in [6, 6.07) is 7.29. The van der Waals surface area contributed by atoms with Crippen molar-refractivity contribution in [3.05, 3.63) is 59.7 Å². The highest BCUT2D eigenvalue weighted by molar-refractivity contribution is 5.22. The van der Waals surface area contributed by atoms with Crippen LogP contribution in [0.25, 0.3) is 0 Å². The van der Waals surface area contributed by atoms with Crippen molar-refractivity contribution in [2.24, 2.45) is 0 Å². The molecule has 4 rings (SSSR count). The maximum Gasteiger partial charge on any atom is 0.417 e. The molecule has 0 bridgehead atoms. The van der Waals surface area contributed by atoms with E-state index in [-0.39, 0.29) is 11.0 Å². The van der Waals surface area contributed by atoms with Crippen LogP contribution in [0.2, 0.25) is 0 Å². The second-order valence-corrected chi connectivity index (χ2v) is 9.23. The van der Waals surface area contributed by atoms with E-state index in [0.29, 0.717) is 12.1 Å². The largest absolute Gasteiger partial charge is 0.417 e. The molecule has 0 N–H and O–H groups in total. The van der Waals surface area contributed by atoms with Crippen molar-refractivity contribution in [2.45, 2.75) is 68.7 Å². The number of rotatable bonds is 6. The highest BCUT2D eigenvalue weighted by Gasteiger charge is 2.48. The van der Waals surface area contributed by atoms with E-state index in [9.17, 15) is 13.2 Å². The Labute approximate surface area is 181 Å². The topological polar surface area (TPSA) is 38.2 Å². The van der Waals surface area contributed by atoms with Gasteiger partial charge in [0.05, 0.1) is 11.2 Å². The van der Waals surface area contributed by atoms with Crippen LogP contribution in [0.5, 0.6) is 0 Å². The lowest BCUT2D eigenvalue weighted by molar-refractivity contribution is -0.137. The summed E-state index contributed by atoms with van der Waals surface area (Å²) in [5.74, 6) is 0. The summed E-state index contributed by atoms with van der Waals surface area (Å²) in [4.78, 5) is 10.6. The van der Waals surface area contributed by atoms with Crippen LogP contribution >= 0.6 is 0 Å². The molecule has 4 nitrogen and oxygen atoms in total. The van der Waals surface area contributed by atoms with Gasteiger partial charge in [0, 0.05) is 42.9 Å². The van der Waals surface area contributed by atoms with Crippen LogP contribution in [-0.2, 0) is 22.9 Å². The number of aromatic nitrogens is 2. The number of halogens is 3. The molecule has 7 heteroatoms. The molecule has 0 aromatic carbocycles. The normalized spacial score (nSPS) is 23.5. The molecular weight excluding hydrogens is 403 g/mol. The minimum Gasteiger partial charge on any atom is -0.375 e. The molecule has 1 atom stereocenters. The highest BCUT2D eigenvalue weighted by Crippen LogP contribution is 2.49. The maximum absolute atomic E-state index is 13.0. The Morgan fingerprint density at radius 2 is 1.94 bits per heavy atom. The zero-order valence-electron chi connectivity index (χ0n) is 18.0. The molecule has 1 spiro atoms. The van der Waals surface area contributed by atoms with Crippen molar-refractivity contribution in [1.29, 1.82) is 0 Å². The summed E-state index contributed by atoms with van der Waals surface area (Å²) in [5.41, 5.74) is 0.877. The summed E-state index contributed by atoms with van der Waals surface area (Å²) in [7, 11) is 1.96. The monoisotopic (exact) mass is 433 g/mol. The summed E-state index contributed by atoms with van der Waals surface area (Å²) in [6.45, 7) is 1.93. The van der Waals surface area contributed by atoms with E-state index < -0.39 is 11.7 Å². The third-order valence-electron chi connectivity index (χ3n) is 6.92. The first-order chi connectivity index (χ1) is 14.8. The number of hydrogen-bond acceptors (Lipinski definition) is 4. The predicted molar refractivity (Wildman–Crippen MR) is 112 cm³/mol. The molecule has 0 amide bonds. The van der Waals surface area contributed by atoms with Crippen molar-refractivity contribution in [3.8, 4) is 0 Å². The molecule has 1 saturated heterocycles. The zero-order valence-corrected chi connectivity index (χ0v) is 18.0. The van der Waals surface area contributed by atoms with Gasteiger partial charge < -0.3 is 9.64 Å². The number of pyridine rings is 2. The van der Waals surface area contributed by atoms with Gasteiger partial charge in [0.2, 0.25) is 0 Å². The fraction of sp³-hybridized carbons (Fsp3) is 0.583. The first-order valence-corrected chi connectivity index (χ1v) is 11.1. The molecule has 168 valence electrons. The molecule has 1 aliphatic heterocycles. The highest BCUT2D eigenvalue weighted by atomic mass is 19.4. The third kappa shape index (κ3) is 5.09. The molecule has 2 aliphatic rings. The second kappa shape index (κ2) is 8.87. The van der Waals surface area contributed by atoms with Crippen molar-refractivity contribution < 1.29 is 17.9 Å². The Kier molecular flexibility index (Phi) is 6.35.